The van der Waals surface area contributed by atoms with Gasteiger partial charge >= 0.3 is 0 Å². The maximum Gasteiger partial charge on any atom is 0.185 e. The molecular weight excluding hydrogens is 242 g/mol. The molecule has 1 aromatic rings. The Labute approximate surface area is 115 Å². The van der Waals surface area contributed by atoms with Gasteiger partial charge in [0.25, 0.3) is 0 Å². The van der Waals surface area contributed by atoms with Crippen molar-refractivity contribution < 1.29 is 0 Å². The molecule has 0 aliphatic carbocycles. The standard InChI is InChI=1S/C14H25N3S/c1-4-13-7-5-6-8-17(13)14-16-12(10-18-14)9-15-11(2)3/h10-11,13,15H,4-9H2,1-3H3. The number of aromatic nitrogens is 1. The molecule has 2 rings (SSSR count). The topological polar surface area (TPSA) is 28.2 Å². The minimum atomic E-state index is 0.522. The average molecular weight is 267 g/mol. The van der Waals surface area contributed by atoms with Crippen LogP contribution in [-0.2, 0) is 6.54 Å². The number of thiazole rings is 1. The van der Waals surface area contributed by atoms with Crippen molar-refractivity contribution in [2.75, 3.05) is 11.4 Å². The fourth-order valence-electron chi connectivity index (χ4n) is 2.49. The van der Waals surface area contributed by atoms with Crippen LogP contribution in [0.4, 0.5) is 5.13 Å². The Hall–Kier alpha value is -0.610. The first-order valence-corrected chi connectivity index (χ1v) is 8.03. The Kier molecular flexibility index (Phi) is 5.01. The number of hydrogen-bond acceptors (Lipinski definition) is 4. The molecular formula is C14H25N3S. The van der Waals surface area contributed by atoms with Gasteiger partial charge in [0.1, 0.15) is 0 Å². The number of nitrogens with one attached hydrogen (secondary N) is 1. The highest BCUT2D eigenvalue weighted by Gasteiger charge is 2.23. The van der Waals surface area contributed by atoms with E-state index in [1.165, 1.54) is 43.1 Å². The molecule has 1 fully saturated rings. The van der Waals surface area contributed by atoms with Crippen molar-refractivity contribution >= 4 is 16.5 Å². The molecule has 1 aliphatic heterocycles. The van der Waals surface area contributed by atoms with Crippen LogP contribution in [0.15, 0.2) is 5.38 Å². The molecule has 3 nitrogen and oxygen atoms in total. The van der Waals surface area contributed by atoms with Crippen molar-refractivity contribution in [3.63, 3.8) is 0 Å². The normalized spacial score (nSPS) is 20.7. The summed E-state index contributed by atoms with van der Waals surface area (Å²) in [5.41, 5.74) is 1.18. The summed E-state index contributed by atoms with van der Waals surface area (Å²) in [5, 5.41) is 6.85. The molecule has 18 heavy (non-hydrogen) atoms. The van der Waals surface area contributed by atoms with Gasteiger partial charge in [-0.1, -0.05) is 20.8 Å². The van der Waals surface area contributed by atoms with Crippen LogP contribution in [0.25, 0.3) is 0 Å². The summed E-state index contributed by atoms with van der Waals surface area (Å²) >= 11 is 1.80. The smallest absolute Gasteiger partial charge is 0.185 e. The second-order valence-electron chi connectivity index (χ2n) is 5.41. The van der Waals surface area contributed by atoms with E-state index in [1.807, 2.05) is 0 Å². The summed E-state index contributed by atoms with van der Waals surface area (Å²) < 4.78 is 0. The van der Waals surface area contributed by atoms with Crippen molar-refractivity contribution in [3.05, 3.63) is 11.1 Å². The minimum Gasteiger partial charge on any atom is -0.345 e. The lowest BCUT2D eigenvalue weighted by molar-refractivity contribution is 0.449. The van der Waals surface area contributed by atoms with E-state index in [4.69, 9.17) is 4.98 Å². The molecule has 0 aromatic carbocycles. The van der Waals surface area contributed by atoms with Crippen LogP contribution in [0.5, 0.6) is 0 Å². The molecule has 0 spiro atoms. The second-order valence-corrected chi connectivity index (χ2v) is 6.24. The van der Waals surface area contributed by atoms with Gasteiger partial charge in [0.05, 0.1) is 5.69 Å². The van der Waals surface area contributed by atoms with E-state index in [9.17, 15) is 0 Å². The maximum absolute atomic E-state index is 4.79. The van der Waals surface area contributed by atoms with Crippen LogP contribution in [-0.4, -0.2) is 23.6 Å². The number of hydrogen-bond donors (Lipinski definition) is 1. The fraction of sp³-hybridized carbons (Fsp3) is 0.786. The zero-order chi connectivity index (χ0) is 13.0. The highest BCUT2D eigenvalue weighted by Crippen LogP contribution is 2.29. The molecule has 102 valence electrons. The third-order valence-corrected chi connectivity index (χ3v) is 4.50. The predicted octanol–water partition coefficient (Wildman–Crippen LogP) is 3.41. The molecule has 2 heterocycles. The lowest BCUT2D eigenvalue weighted by Crippen LogP contribution is -2.39. The number of piperidine rings is 1. The van der Waals surface area contributed by atoms with Crippen molar-refractivity contribution in [2.45, 2.75) is 65.1 Å². The van der Waals surface area contributed by atoms with Gasteiger partial charge in [-0.3, -0.25) is 0 Å². The molecule has 4 heteroatoms. The van der Waals surface area contributed by atoms with Crippen LogP contribution >= 0.6 is 11.3 Å². The van der Waals surface area contributed by atoms with Gasteiger partial charge in [-0.25, -0.2) is 4.98 Å². The summed E-state index contributed by atoms with van der Waals surface area (Å²) in [6.45, 7) is 8.70. The van der Waals surface area contributed by atoms with E-state index in [1.54, 1.807) is 11.3 Å². The van der Waals surface area contributed by atoms with E-state index in [0.717, 1.165) is 6.54 Å². The number of nitrogens with zero attached hydrogens (tertiary/aromatic N) is 2. The highest BCUT2D eigenvalue weighted by molar-refractivity contribution is 7.13. The quantitative estimate of drug-likeness (QED) is 0.886. The molecule has 1 atom stereocenters. The molecule has 1 aliphatic rings. The maximum atomic E-state index is 4.79. The van der Waals surface area contributed by atoms with E-state index in [2.05, 4.69) is 36.4 Å². The Morgan fingerprint density at radius 3 is 3.06 bits per heavy atom. The Bertz CT molecular complexity index is 362. The first kappa shape index (κ1) is 13.8. The van der Waals surface area contributed by atoms with Gasteiger partial charge in [-0.15, -0.1) is 11.3 Å². The van der Waals surface area contributed by atoms with Crippen molar-refractivity contribution in [2.24, 2.45) is 0 Å². The van der Waals surface area contributed by atoms with E-state index >= 15 is 0 Å². The lowest BCUT2D eigenvalue weighted by Gasteiger charge is -2.35. The molecule has 0 saturated carbocycles. The first-order chi connectivity index (χ1) is 8.70. The van der Waals surface area contributed by atoms with Gasteiger partial charge in [0, 0.05) is 30.6 Å². The van der Waals surface area contributed by atoms with Gasteiger partial charge in [-0.2, -0.15) is 0 Å². The third-order valence-electron chi connectivity index (χ3n) is 3.58. The SMILES string of the molecule is CCC1CCCCN1c1nc(CNC(C)C)cs1. The number of rotatable bonds is 5. The van der Waals surface area contributed by atoms with Crippen molar-refractivity contribution in [1.82, 2.24) is 10.3 Å². The fourth-order valence-corrected chi connectivity index (χ4v) is 3.42. The van der Waals surface area contributed by atoms with E-state index < -0.39 is 0 Å². The Balaban J connectivity index is 1.99. The number of anilines is 1. The summed E-state index contributed by atoms with van der Waals surface area (Å²) in [5.74, 6) is 0. The molecule has 0 amide bonds. The molecule has 1 unspecified atom stereocenters. The first-order valence-electron chi connectivity index (χ1n) is 7.15. The van der Waals surface area contributed by atoms with Crippen LogP contribution in [0.2, 0.25) is 0 Å². The lowest BCUT2D eigenvalue weighted by atomic mass is 10.0. The highest BCUT2D eigenvalue weighted by atomic mass is 32.1. The zero-order valence-electron chi connectivity index (χ0n) is 11.8. The average Bonchev–Trinajstić information content (AvgIpc) is 2.85. The molecule has 1 saturated heterocycles. The van der Waals surface area contributed by atoms with Crippen LogP contribution in [0.1, 0.15) is 52.1 Å². The largest absolute Gasteiger partial charge is 0.345 e. The summed E-state index contributed by atoms with van der Waals surface area (Å²) in [7, 11) is 0. The summed E-state index contributed by atoms with van der Waals surface area (Å²) in [6, 6.07) is 1.23. The Morgan fingerprint density at radius 2 is 2.33 bits per heavy atom. The van der Waals surface area contributed by atoms with Crippen molar-refractivity contribution in [1.29, 1.82) is 0 Å². The van der Waals surface area contributed by atoms with Crippen LogP contribution in [0, 0.1) is 0 Å². The van der Waals surface area contributed by atoms with Crippen LogP contribution in [0.3, 0.4) is 0 Å². The van der Waals surface area contributed by atoms with Gasteiger partial charge < -0.3 is 10.2 Å². The van der Waals surface area contributed by atoms with Crippen molar-refractivity contribution in [3.8, 4) is 0 Å². The Morgan fingerprint density at radius 1 is 1.50 bits per heavy atom. The van der Waals surface area contributed by atoms with E-state index in [-0.39, 0.29) is 0 Å². The summed E-state index contributed by atoms with van der Waals surface area (Å²) in [4.78, 5) is 7.31. The second kappa shape index (κ2) is 6.53. The molecule has 0 bridgehead atoms. The molecule has 1 aromatic heterocycles. The predicted molar refractivity (Wildman–Crippen MR) is 79.4 cm³/mol. The van der Waals surface area contributed by atoms with E-state index in [0.29, 0.717) is 12.1 Å². The zero-order valence-corrected chi connectivity index (χ0v) is 12.6. The van der Waals surface area contributed by atoms with Gasteiger partial charge in [0.2, 0.25) is 0 Å². The monoisotopic (exact) mass is 267 g/mol. The summed E-state index contributed by atoms with van der Waals surface area (Å²) in [6.07, 6.45) is 5.26. The van der Waals surface area contributed by atoms with Gasteiger partial charge in [-0.05, 0) is 25.7 Å². The molecule has 1 N–H and O–H groups in total. The molecule has 0 radical (unpaired) electrons. The minimum absolute atomic E-state index is 0.522. The third kappa shape index (κ3) is 3.45. The van der Waals surface area contributed by atoms with Crippen LogP contribution < -0.4 is 10.2 Å². The van der Waals surface area contributed by atoms with Gasteiger partial charge in [0.15, 0.2) is 5.13 Å².